The van der Waals surface area contributed by atoms with Crippen LogP contribution < -0.4 is 10.2 Å². The minimum absolute atomic E-state index is 0.602. The molecule has 0 saturated carbocycles. The highest BCUT2D eigenvalue weighted by Gasteiger charge is 2.24. The summed E-state index contributed by atoms with van der Waals surface area (Å²) in [5.74, 6) is 0. The largest absolute Gasteiger partial charge is 0.366 e. The molecule has 0 spiro atoms. The van der Waals surface area contributed by atoms with Crippen molar-refractivity contribution in [2.45, 2.75) is 12.5 Å². The third kappa shape index (κ3) is 3.46. The first-order chi connectivity index (χ1) is 8.70. The Balaban J connectivity index is 2.12. The summed E-state index contributed by atoms with van der Waals surface area (Å²) in [5, 5.41) is 3.26. The van der Waals surface area contributed by atoms with Crippen molar-refractivity contribution in [2.24, 2.45) is 0 Å². The van der Waals surface area contributed by atoms with E-state index in [-0.39, 0.29) is 0 Å². The van der Waals surface area contributed by atoms with Gasteiger partial charge in [0, 0.05) is 35.8 Å². The maximum Gasteiger partial charge on any atom is 0.0429 e. The fraction of sp³-hybridized carbons (Fsp3) is 0.571. The maximum atomic E-state index is 3.56. The van der Waals surface area contributed by atoms with E-state index in [4.69, 9.17) is 0 Å². The third-order valence-electron chi connectivity index (χ3n) is 3.55. The summed E-state index contributed by atoms with van der Waals surface area (Å²) in [5.41, 5.74) is 1.33. The molecular weight excluding hydrogens is 290 g/mol. The number of likely N-dealkylation sites (N-methyl/N-ethyl adjacent to an activating group) is 1. The van der Waals surface area contributed by atoms with E-state index in [1.165, 1.54) is 12.1 Å². The third-order valence-corrected chi connectivity index (χ3v) is 4.05. The van der Waals surface area contributed by atoms with Crippen LogP contribution in [0.5, 0.6) is 0 Å². The smallest absolute Gasteiger partial charge is 0.0429 e. The van der Waals surface area contributed by atoms with Crippen molar-refractivity contribution in [2.75, 3.05) is 45.2 Å². The Morgan fingerprint density at radius 3 is 2.94 bits per heavy atom. The van der Waals surface area contributed by atoms with Gasteiger partial charge in [0.1, 0.15) is 0 Å². The minimum Gasteiger partial charge on any atom is -0.366 e. The predicted octanol–water partition coefficient (Wildman–Crippen LogP) is 2.18. The summed E-state index contributed by atoms with van der Waals surface area (Å²) in [4.78, 5) is 4.97. The monoisotopic (exact) mass is 311 g/mol. The lowest BCUT2D eigenvalue weighted by atomic mass is 10.1. The van der Waals surface area contributed by atoms with Gasteiger partial charge in [0.05, 0.1) is 0 Å². The van der Waals surface area contributed by atoms with E-state index in [0.717, 1.165) is 30.7 Å². The van der Waals surface area contributed by atoms with E-state index >= 15 is 0 Å². The summed E-state index contributed by atoms with van der Waals surface area (Å²) in [6.07, 6.45) is 1.19. The van der Waals surface area contributed by atoms with Gasteiger partial charge in [-0.3, -0.25) is 0 Å². The molecule has 1 aliphatic rings. The quantitative estimate of drug-likeness (QED) is 0.919. The summed E-state index contributed by atoms with van der Waals surface area (Å²) in [6, 6.07) is 9.24. The zero-order chi connectivity index (χ0) is 13.0. The van der Waals surface area contributed by atoms with Crippen molar-refractivity contribution in [3.05, 3.63) is 28.7 Å². The van der Waals surface area contributed by atoms with Gasteiger partial charge >= 0.3 is 0 Å². The number of piperazine rings is 1. The molecule has 1 unspecified atom stereocenters. The van der Waals surface area contributed by atoms with Gasteiger partial charge in [0.25, 0.3) is 0 Å². The molecule has 0 bridgehead atoms. The number of rotatable bonds is 4. The maximum absolute atomic E-state index is 3.56. The zero-order valence-corrected chi connectivity index (χ0v) is 12.8. The summed E-state index contributed by atoms with van der Waals surface area (Å²) >= 11 is 3.56. The van der Waals surface area contributed by atoms with Gasteiger partial charge in [-0.2, -0.15) is 0 Å². The number of hydrogen-bond donors (Lipinski definition) is 1. The van der Waals surface area contributed by atoms with Crippen LogP contribution in [0.25, 0.3) is 0 Å². The fourth-order valence-electron chi connectivity index (χ4n) is 2.56. The summed E-state index contributed by atoms with van der Waals surface area (Å²) in [7, 11) is 4.24. The summed E-state index contributed by atoms with van der Waals surface area (Å²) < 4.78 is 1.16. The molecule has 1 atom stereocenters. The molecule has 1 saturated heterocycles. The van der Waals surface area contributed by atoms with Crippen LogP contribution in [0, 0.1) is 0 Å². The van der Waals surface area contributed by atoms with Gasteiger partial charge in [-0.1, -0.05) is 22.0 Å². The molecule has 18 heavy (non-hydrogen) atoms. The van der Waals surface area contributed by atoms with Crippen molar-refractivity contribution in [3.8, 4) is 0 Å². The number of halogens is 1. The Morgan fingerprint density at radius 1 is 1.39 bits per heavy atom. The van der Waals surface area contributed by atoms with E-state index in [1.54, 1.807) is 0 Å². The van der Waals surface area contributed by atoms with Crippen LogP contribution in [-0.2, 0) is 0 Å². The number of nitrogens with one attached hydrogen (secondary N) is 1. The molecule has 1 aromatic carbocycles. The average molecular weight is 312 g/mol. The van der Waals surface area contributed by atoms with E-state index < -0.39 is 0 Å². The SMILES string of the molecule is CNCCC1CN(C)CCN1c1cccc(Br)c1. The molecule has 3 nitrogen and oxygen atoms in total. The van der Waals surface area contributed by atoms with Crippen molar-refractivity contribution in [1.82, 2.24) is 10.2 Å². The number of benzene rings is 1. The van der Waals surface area contributed by atoms with E-state index in [9.17, 15) is 0 Å². The van der Waals surface area contributed by atoms with Crippen LogP contribution in [0.3, 0.4) is 0 Å². The van der Waals surface area contributed by atoms with Gasteiger partial charge in [-0.05, 0) is 45.3 Å². The highest BCUT2D eigenvalue weighted by atomic mass is 79.9. The standard InChI is InChI=1S/C14H22BrN3/c1-16-7-6-14-11-17(2)8-9-18(14)13-5-3-4-12(15)10-13/h3-5,10,14,16H,6-9,11H2,1-2H3. The molecule has 1 aromatic rings. The summed E-state index contributed by atoms with van der Waals surface area (Å²) in [6.45, 7) is 4.47. The fourth-order valence-corrected chi connectivity index (χ4v) is 2.95. The highest BCUT2D eigenvalue weighted by molar-refractivity contribution is 9.10. The van der Waals surface area contributed by atoms with Crippen molar-refractivity contribution in [3.63, 3.8) is 0 Å². The Morgan fingerprint density at radius 2 is 2.22 bits per heavy atom. The molecule has 100 valence electrons. The van der Waals surface area contributed by atoms with Crippen LogP contribution in [0.1, 0.15) is 6.42 Å². The first-order valence-electron chi connectivity index (χ1n) is 6.56. The van der Waals surface area contributed by atoms with Gasteiger partial charge in [0.15, 0.2) is 0 Å². The second-order valence-corrected chi connectivity index (χ2v) is 5.90. The number of hydrogen-bond acceptors (Lipinski definition) is 3. The lowest BCUT2D eigenvalue weighted by Gasteiger charge is -2.41. The van der Waals surface area contributed by atoms with Crippen LogP contribution in [0.15, 0.2) is 28.7 Å². The Kier molecular flexibility index (Phi) is 5.03. The topological polar surface area (TPSA) is 18.5 Å². The number of anilines is 1. The molecule has 0 amide bonds. The number of nitrogens with zero attached hydrogens (tertiary/aromatic N) is 2. The van der Waals surface area contributed by atoms with Gasteiger partial charge < -0.3 is 15.1 Å². The molecule has 1 fully saturated rings. The van der Waals surface area contributed by atoms with Gasteiger partial charge in [0.2, 0.25) is 0 Å². The molecule has 0 aromatic heterocycles. The van der Waals surface area contributed by atoms with E-state index in [0.29, 0.717) is 6.04 Å². The van der Waals surface area contributed by atoms with Crippen molar-refractivity contribution in [1.29, 1.82) is 0 Å². The molecule has 4 heteroatoms. The first kappa shape index (κ1) is 13.8. The Bertz CT molecular complexity index is 383. The Labute approximate surface area is 118 Å². The normalized spacial score (nSPS) is 21.3. The van der Waals surface area contributed by atoms with Crippen LogP contribution in [-0.4, -0.2) is 51.2 Å². The predicted molar refractivity (Wildman–Crippen MR) is 81.3 cm³/mol. The van der Waals surface area contributed by atoms with Crippen LogP contribution in [0.2, 0.25) is 0 Å². The molecule has 2 rings (SSSR count). The second kappa shape index (κ2) is 6.55. The molecule has 0 radical (unpaired) electrons. The molecule has 0 aliphatic carbocycles. The second-order valence-electron chi connectivity index (χ2n) is 4.98. The molecule has 1 aliphatic heterocycles. The molecular formula is C14H22BrN3. The van der Waals surface area contributed by atoms with Crippen LogP contribution >= 0.6 is 15.9 Å². The zero-order valence-electron chi connectivity index (χ0n) is 11.2. The molecule has 1 heterocycles. The lowest BCUT2D eigenvalue weighted by Crippen LogP contribution is -2.52. The van der Waals surface area contributed by atoms with E-state index in [1.807, 2.05) is 7.05 Å². The lowest BCUT2D eigenvalue weighted by molar-refractivity contribution is 0.260. The van der Waals surface area contributed by atoms with Gasteiger partial charge in [-0.15, -0.1) is 0 Å². The molecule has 1 N–H and O–H groups in total. The average Bonchev–Trinajstić information content (AvgIpc) is 2.36. The van der Waals surface area contributed by atoms with E-state index in [2.05, 4.69) is 62.4 Å². The van der Waals surface area contributed by atoms with Crippen LogP contribution in [0.4, 0.5) is 5.69 Å². The highest BCUT2D eigenvalue weighted by Crippen LogP contribution is 2.24. The van der Waals surface area contributed by atoms with Gasteiger partial charge in [-0.25, -0.2) is 0 Å². The van der Waals surface area contributed by atoms with Crippen molar-refractivity contribution < 1.29 is 0 Å². The Hall–Kier alpha value is -0.580. The van der Waals surface area contributed by atoms with Crippen molar-refractivity contribution >= 4 is 21.6 Å². The minimum atomic E-state index is 0.602. The first-order valence-corrected chi connectivity index (χ1v) is 7.35.